The highest BCUT2D eigenvalue weighted by molar-refractivity contribution is 9.10. The fourth-order valence-corrected chi connectivity index (χ4v) is 4.22. The molecule has 0 N–H and O–H groups in total. The molecule has 0 bridgehead atoms. The normalized spacial score (nSPS) is 12.2. The predicted molar refractivity (Wildman–Crippen MR) is 63.8 cm³/mol. The number of hydrogen-bond donors (Lipinski definition) is 0. The van der Waals surface area contributed by atoms with Crippen LogP contribution in [-0.4, -0.2) is 13.9 Å². The minimum atomic E-state index is -4.63. The highest BCUT2D eigenvalue weighted by atomic mass is 79.9. The van der Waals surface area contributed by atoms with Crippen molar-refractivity contribution in [3.63, 3.8) is 0 Å². The van der Waals surface area contributed by atoms with Gasteiger partial charge < -0.3 is 0 Å². The van der Waals surface area contributed by atoms with Crippen LogP contribution in [0.1, 0.15) is 5.56 Å². The SMILES string of the molecule is N#Cc1c(SC(F)(F)F)ccc(Br)c1S(=O)(=O)Cl. The van der Waals surface area contributed by atoms with Crippen LogP contribution in [0.5, 0.6) is 0 Å². The molecular formula is C8H2BrClF3NO2S2. The van der Waals surface area contributed by atoms with Gasteiger partial charge in [0.25, 0.3) is 9.05 Å². The zero-order chi connectivity index (χ0) is 14.1. The van der Waals surface area contributed by atoms with Gasteiger partial charge in [-0.1, -0.05) is 0 Å². The molecule has 0 saturated carbocycles. The van der Waals surface area contributed by atoms with Gasteiger partial charge in [0, 0.05) is 20.1 Å². The van der Waals surface area contributed by atoms with Gasteiger partial charge in [-0.2, -0.15) is 18.4 Å². The first-order chi connectivity index (χ1) is 8.06. The Kier molecular flexibility index (Phi) is 4.59. The van der Waals surface area contributed by atoms with Gasteiger partial charge in [-0.05, 0) is 39.8 Å². The maximum Gasteiger partial charge on any atom is 0.446 e. The molecular weight excluding hydrogens is 379 g/mol. The molecule has 0 unspecified atom stereocenters. The van der Waals surface area contributed by atoms with Gasteiger partial charge in [-0.15, -0.1) is 0 Å². The van der Waals surface area contributed by atoms with E-state index in [4.69, 9.17) is 15.9 Å². The van der Waals surface area contributed by atoms with Crippen molar-refractivity contribution in [3.05, 3.63) is 22.2 Å². The van der Waals surface area contributed by atoms with Gasteiger partial charge in [0.1, 0.15) is 11.0 Å². The second kappa shape index (κ2) is 5.28. The molecule has 0 atom stereocenters. The highest BCUT2D eigenvalue weighted by Crippen LogP contribution is 2.42. The van der Waals surface area contributed by atoms with Crippen LogP contribution in [0.3, 0.4) is 0 Å². The number of hydrogen-bond acceptors (Lipinski definition) is 4. The number of thioether (sulfide) groups is 1. The van der Waals surface area contributed by atoms with E-state index in [1.165, 1.54) is 6.07 Å². The van der Waals surface area contributed by atoms with Crippen molar-refractivity contribution in [2.45, 2.75) is 15.3 Å². The largest absolute Gasteiger partial charge is 0.446 e. The smallest absolute Gasteiger partial charge is 0.207 e. The number of nitriles is 1. The summed E-state index contributed by atoms with van der Waals surface area (Å²) >= 11 is 2.26. The summed E-state index contributed by atoms with van der Waals surface area (Å²) in [6.45, 7) is 0. The molecule has 0 aromatic heterocycles. The van der Waals surface area contributed by atoms with E-state index >= 15 is 0 Å². The third kappa shape index (κ3) is 3.78. The molecule has 18 heavy (non-hydrogen) atoms. The van der Waals surface area contributed by atoms with E-state index in [1.54, 1.807) is 0 Å². The highest BCUT2D eigenvalue weighted by Gasteiger charge is 2.33. The van der Waals surface area contributed by atoms with Crippen molar-refractivity contribution in [2.24, 2.45) is 0 Å². The lowest BCUT2D eigenvalue weighted by atomic mass is 10.2. The van der Waals surface area contributed by atoms with Crippen LogP contribution in [0.25, 0.3) is 0 Å². The monoisotopic (exact) mass is 379 g/mol. The lowest BCUT2D eigenvalue weighted by molar-refractivity contribution is -0.0328. The van der Waals surface area contributed by atoms with Crippen molar-refractivity contribution in [1.82, 2.24) is 0 Å². The minimum Gasteiger partial charge on any atom is -0.207 e. The minimum absolute atomic E-state index is 0.0689. The molecule has 1 aromatic rings. The molecule has 0 aliphatic carbocycles. The van der Waals surface area contributed by atoms with E-state index in [2.05, 4.69) is 15.9 Å². The maximum absolute atomic E-state index is 12.2. The lowest BCUT2D eigenvalue weighted by Crippen LogP contribution is -2.03. The van der Waals surface area contributed by atoms with E-state index in [1.807, 2.05) is 0 Å². The Hall–Kier alpha value is -0.430. The number of alkyl halides is 3. The molecule has 3 nitrogen and oxygen atoms in total. The van der Waals surface area contributed by atoms with Gasteiger partial charge in [0.2, 0.25) is 0 Å². The van der Waals surface area contributed by atoms with Gasteiger partial charge in [0.15, 0.2) is 0 Å². The Morgan fingerprint density at radius 3 is 2.33 bits per heavy atom. The number of benzene rings is 1. The Morgan fingerprint density at radius 1 is 1.39 bits per heavy atom. The molecule has 0 saturated heterocycles. The van der Waals surface area contributed by atoms with Gasteiger partial charge in [-0.25, -0.2) is 8.42 Å². The third-order valence-electron chi connectivity index (χ3n) is 1.65. The number of nitrogens with zero attached hydrogens (tertiary/aromatic N) is 1. The van der Waals surface area contributed by atoms with Crippen LogP contribution in [0.15, 0.2) is 26.4 Å². The van der Waals surface area contributed by atoms with E-state index in [9.17, 15) is 21.6 Å². The predicted octanol–water partition coefficient (Wildman–Crippen LogP) is 3.86. The molecule has 0 heterocycles. The third-order valence-corrected chi connectivity index (χ3v) is 4.74. The first-order valence-electron chi connectivity index (χ1n) is 3.99. The Labute approximate surface area is 117 Å². The maximum atomic E-state index is 12.2. The van der Waals surface area contributed by atoms with Crippen molar-refractivity contribution in [3.8, 4) is 6.07 Å². The summed E-state index contributed by atoms with van der Waals surface area (Å²) in [6, 6.07) is 3.50. The zero-order valence-corrected chi connectivity index (χ0v) is 12.1. The van der Waals surface area contributed by atoms with Crippen LogP contribution in [0, 0.1) is 11.3 Å². The number of halogens is 5. The van der Waals surface area contributed by atoms with Crippen molar-refractivity contribution in [1.29, 1.82) is 5.26 Å². The first-order valence-corrected chi connectivity index (χ1v) is 7.91. The van der Waals surface area contributed by atoms with Gasteiger partial charge in [0.05, 0.1) is 5.56 Å². The van der Waals surface area contributed by atoms with Gasteiger partial charge >= 0.3 is 5.51 Å². The molecule has 1 rings (SSSR count). The average Bonchev–Trinajstić information content (AvgIpc) is 2.16. The summed E-state index contributed by atoms with van der Waals surface area (Å²) in [5.41, 5.74) is -5.27. The fraction of sp³-hybridized carbons (Fsp3) is 0.125. The molecule has 0 fully saturated rings. The Balaban J connectivity index is 3.56. The molecule has 0 radical (unpaired) electrons. The van der Waals surface area contributed by atoms with Gasteiger partial charge in [-0.3, -0.25) is 0 Å². The molecule has 0 amide bonds. The van der Waals surface area contributed by atoms with Crippen LogP contribution >= 0.6 is 38.4 Å². The van der Waals surface area contributed by atoms with Crippen LogP contribution in [0.4, 0.5) is 13.2 Å². The molecule has 1 aromatic carbocycles. The Bertz CT molecular complexity index is 624. The van der Waals surface area contributed by atoms with Crippen molar-refractivity contribution >= 4 is 47.4 Å². The standard InChI is InChI=1S/C8H2BrClF3NO2S2/c9-5-1-2-6(17-8(11,12)13)4(3-14)7(5)18(10,15)16/h1-2H. The van der Waals surface area contributed by atoms with E-state index in [0.29, 0.717) is 0 Å². The zero-order valence-electron chi connectivity index (χ0n) is 8.12. The second-order valence-electron chi connectivity index (χ2n) is 2.85. The van der Waals surface area contributed by atoms with E-state index in [-0.39, 0.29) is 4.47 Å². The first kappa shape index (κ1) is 15.6. The average molecular weight is 381 g/mol. The van der Waals surface area contributed by atoms with Crippen molar-refractivity contribution < 1.29 is 21.6 Å². The van der Waals surface area contributed by atoms with Crippen molar-refractivity contribution in [2.75, 3.05) is 0 Å². The van der Waals surface area contributed by atoms with Crippen LogP contribution in [0.2, 0.25) is 0 Å². The molecule has 0 spiro atoms. The lowest BCUT2D eigenvalue weighted by Gasteiger charge is -2.10. The summed E-state index contributed by atoms with van der Waals surface area (Å²) in [5.74, 6) is 0. The summed E-state index contributed by atoms with van der Waals surface area (Å²) in [6.07, 6.45) is 0. The quantitative estimate of drug-likeness (QED) is 0.577. The van der Waals surface area contributed by atoms with E-state index < -0.39 is 41.7 Å². The Morgan fingerprint density at radius 2 is 1.94 bits per heavy atom. The number of rotatable bonds is 2. The molecule has 0 aliphatic heterocycles. The summed E-state index contributed by atoms with van der Waals surface area (Å²) < 4.78 is 59.2. The molecule has 10 heteroatoms. The fourth-order valence-electron chi connectivity index (χ4n) is 1.09. The van der Waals surface area contributed by atoms with Crippen LogP contribution in [-0.2, 0) is 9.05 Å². The topological polar surface area (TPSA) is 57.9 Å². The molecule has 98 valence electrons. The second-order valence-corrected chi connectivity index (χ2v) is 7.31. The van der Waals surface area contributed by atoms with E-state index in [0.717, 1.165) is 12.1 Å². The summed E-state index contributed by atoms with van der Waals surface area (Å²) in [4.78, 5) is -1.19. The molecule has 0 aliphatic rings. The van der Waals surface area contributed by atoms with Crippen LogP contribution < -0.4 is 0 Å². The summed E-state index contributed by atoms with van der Waals surface area (Å²) in [7, 11) is 0.759. The summed E-state index contributed by atoms with van der Waals surface area (Å²) in [5, 5.41) is 8.81.